The van der Waals surface area contributed by atoms with Crippen LogP contribution in [-0.4, -0.2) is 28.1 Å². The fourth-order valence-electron chi connectivity index (χ4n) is 2.24. The van der Waals surface area contributed by atoms with E-state index in [9.17, 15) is 4.39 Å². The zero-order chi connectivity index (χ0) is 14.4. The molecule has 1 N–H and O–H groups in total. The minimum atomic E-state index is -0.200. The Labute approximate surface area is 119 Å². The summed E-state index contributed by atoms with van der Waals surface area (Å²) in [7, 11) is 1.86. The third-order valence-electron chi connectivity index (χ3n) is 3.26. The maximum atomic E-state index is 13.0. The first-order chi connectivity index (χ1) is 9.69. The summed E-state index contributed by atoms with van der Waals surface area (Å²) in [6.07, 6.45) is 3.83. The highest BCUT2D eigenvalue weighted by molar-refractivity contribution is 5.22. The van der Waals surface area contributed by atoms with Gasteiger partial charge in [0.25, 0.3) is 0 Å². The third kappa shape index (κ3) is 4.13. The molecule has 5 heteroatoms. The predicted molar refractivity (Wildman–Crippen MR) is 77.0 cm³/mol. The van der Waals surface area contributed by atoms with Gasteiger partial charge in [-0.05, 0) is 30.7 Å². The van der Waals surface area contributed by atoms with Crippen LogP contribution in [0.4, 0.5) is 4.39 Å². The Morgan fingerprint density at radius 3 is 2.65 bits per heavy atom. The van der Waals surface area contributed by atoms with Crippen molar-refractivity contribution in [2.75, 3.05) is 13.1 Å². The van der Waals surface area contributed by atoms with E-state index < -0.39 is 0 Å². The van der Waals surface area contributed by atoms with Crippen molar-refractivity contribution >= 4 is 0 Å². The van der Waals surface area contributed by atoms with E-state index in [0.29, 0.717) is 0 Å². The first-order valence-corrected chi connectivity index (χ1v) is 7.00. The summed E-state index contributed by atoms with van der Waals surface area (Å²) < 4.78 is 14.8. The number of hydrogen-bond donors (Lipinski definition) is 1. The molecule has 4 nitrogen and oxygen atoms in total. The second-order valence-corrected chi connectivity index (χ2v) is 5.04. The molecule has 1 unspecified atom stereocenters. The van der Waals surface area contributed by atoms with Gasteiger partial charge in [-0.25, -0.2) is 4.39 Å². The summed E-state index contributed by atoms with van der Waals surface area (Å²) in [6.45, 7) is 3.98. The molecule has 2 rings (SSSR count). The quantitative estimate of drug-likeness (QED) is 0.789. The minimum Gasteiger partial charge on any atom is -0.316 e. The topological polar surface area (TPSA) is 42.7 Å². The molecule has 1 heterocycles. The van der Waals surface area contributed by atoms with E-state index >= 15 is 0 Å². The lowest BCUT2D eigenvalue weighted by Gasteiger charge is -2.17. The van der Waals surface area contributed by atoms with Crippen LogP contribution in [0.15, 0.2) is 30.5 Å². The van der Waals surface area contributed by atoms with Crippen LogP contribution in [-0.2, 0) is 13.5 Å². The molecule has 0 bridgehead atoms. The number of benzene rings is 1. The van der Waals surface area contributed by atoms with Gasteiger partial charge < -0.3 is 5.32 Å². The lowest BCUT2D eigenvalue weighted by Crippen LogP contribution is -2.23. The lowest BCUT2D eigenvalue weighted by molar-refractivity contribution is 0.569. The fraction of sp³-hybridized carbons (Fsp3) is 0.467. The standard InChI is InChI=1S/C15H21FN4/c1-3-8-17-10-13(9-15-11-20(2)19-18-15)12-4-6-14(16)7-5-12/h4-7,11,13,17H,3,8-10H2,1-2H3. The lowest BCUT2D eigenvalue weighted by atomic mass is 9.94. The van der Waals surface area contributed by atoms with Gasteiger partial charge >= 0.3 is 0 Å². The summed E-state index contributed by atoms with van der Waals surface area (Å²) in [5, 5.41) is 11.5. The predicted octanol–water partition coefficient (Wildman–Crippen LogP) is 2.28. The molecule has 0 amide bonds. The first kappa shape index (κ1) is 14.7. The minimum absolute atomic E-state index is 0.200. The van der Waals surface area contributed by atoms with Crippen LogP contribution in [0.2, 0.25) is 0 Å². The number of halogens is 1. The van der Waals surface area contributed by atoms with Crippen molar-refractivity contribution in [3.05, 3.63) is 47.5 Å². The van der Waals surface area contributed by atoms with E-state index in [-0.39, 0.29) is 11.7 Å². The molecule has 1 atom stereocenters. The van der Waals surface area contributed by atoms with Gasteiger partial charge in [0.1, 0.15) is 5.82 Å². The van der Waals surface area contributed by atoms with Crippen LogP contribution in [0.1, 0.15) is 30.5 Å². The Kier molecular flexibility index (Phi) is 5.24. The van der Waals surface area contributed by atoms with Crippen molar-refractivity contribution < 1.29 is 4.39 Å². The summed E-state index contributed by atoms with van der Waals surface area (Å²) in [6, 6.07) is 6.73. The van der Waals surface area contributed by atoms with Crippen molar-refractivity contribution in [1.82, 2.24) is 20.3 Å². The van der Waals surface area contributed by atoms with Crippen molar-refractivity contribution in [3.63, 3.8) is 0 Å². The van der Waals surface area contributed by atoms with E-state index in [1.807, 2.05) is 25.4 Å². The van der Waals surface area contributed by atoms with Gasteiger partial charge in [0, 0.05) is 32.1 Å². The number of aryl methyl sites for hydroxylation is 1. The highest BCUT2D eigenvalue weighted by Gasteiger charge is 2.14. The number of nitrogens with zero attached hydrogens (tertiary/aromatic N) is 3. The number of nitrogens with one attached hydrogen (secondary N) is 1. The Balaban J connectivity index is 2.09. The molecular formula is C15H21FN4. The van der Waals surface area contributed by atoms with Gasteiger partial charge in [-0.2, -0.15) is 0 Å². The van der Waals surface area contributed by atoms with Crippen molar-refractivity contribution in [2.24, 2.45) is 7.05 Å². The van der Waals surface area contributed by atoms with Crippen LogP contribution >= 0.6 is 0 Å². The van der Waals surface area contributed by atoms with Gasteiger partial charge in [-0.1, -0.05) is 24.3 Å². The monoisotopic (exact) mass is 276 g/mol. The smallest absolute Gasteiger partial charge is 0.123 e. The molecule has 1 aromatic heterocycles. The third-order valence-corrected chi connectivity index (χ3v) is 3.26. The first-order valence-electron chi connectivity index (χ1n) is 7.00. The molecule has 0 aliphatic rings. The maximum Gasteiger partial charge on any atom is 0.123 e. The molecule has 0 aliphatic carbocycles. The summed E-state index contributed by atoms with van der Waals surface area (Å²) in [5.41, 5.74) is 2.08. The van der Waals surface area contributed by atoms with Crippen LogP contribution in [0, 0.1) is 5.82 Å². The molecule has 20 heavy (non-hydrogen) atoms. The van der Waals surface area contributed by atoms with Crippen molar-refractivity contribution in [3.8, 4) is 0 Å². The number of rotatable bonds is 7. The zero-order valence-corrected chi connectivity index (χ0v) is 12.0. The van der Waals surface area contributed by atoms with Crippen LogP contribution in [0.3, 0.4) is 0 Å². The van der Waals surface area contributed by atoms with E-state index in [4.69, 9.17) is 0 Å². The summed E-state index contributed by atoms with van der Waals surface area (Å²) in [5.74, 6) is 0.0763. The zero-order valence-electron chi connectivity index (χ0n) is 12.0. The molecule has 0 saturated carbocycles. The second kappa shape index (κ2) is 7.14. The normalized spacial score (nSPS) is 12.6. The maximum absolute atomic E-state index is 13.0. The van der Waals surface area contributed by atoms with Crippen LogP contribution in [0.5, 0.6) is 0 Å². The average Bonchev–Trinajstić information content (AvgIpc) is 2.84. The molecule has 1 aromatic carbocycles. The Morgan fingerprint density at radius 1 is 1.30 bits per heavy atom. The molecular weight excluding hydrogens is 255 g/mol. The van der Waals surface area contributed by atoms with Gasteiger partial charge in [-0.3, -0.25) is 4.68 Å². The Hall–Kier alpha value is -1.75. The van der Waals surface area contributed by atoms with Crippen LogP contribution < -0.4 is 5.32 Å². The van der Waals surface area contributed by atoms with Crippen LogP contribution in [0.25, 0.3) is 0 Å². The highest BCUT2D eigenvalue weighted by Crippen LogP contribution is 2.20. The SMILES string of the molecule is CCCNCC(Cc1cn(C)nn1)c1ccc(F)cc1. The molecule has 0 fully saturated rings. The summed E-state index contributed by atoms with van der Waals surface area (Å²) >= 11 is 0. The van der Waals surface area contributed by atoms with Crippen molar-refractivity contribution in [2.45, 2.75) is 25.7 Å². The van der Waals surface area contributed by atoms with E-state index in [0.717, 1.165) is 37.2 Å². The van der Waals surface area contributed by atoms with E-state index in [1.54, 1.807) is 4.68 Å². The second-order valence-electron chi connectivity index (χ2n) is 5.04. The van der Waals surface area contributed by atoms with Gasteiger partial charge in [0.15, 0.2) is 0 Å². The molecule has 0 spiro atoms. The van der Waals surface area contributed by atoms with Gasteiger partial charge in [0.2, 0.25) is 0 Å². The number of aromatic nitrogens is 3. The molecule has 2 aromatic rings. The van der Waals surface area contributed by atoms with E-state index in [1.165, 1.54) is 12.1 Å². The Bertz CT molecular complexity index is 521. The van der Waals surface area contributed by atoms with E-state index in [2.05, 4.69) is 22.6 Å². The summed E-state index contributed by atoms with van der Waals surface area (Å²) in [4.78, 5) is 0. The Morgan fingerprint density at radius 2 is 2.05 bits per heavy atom. The van der Waals surface area contributed by atoms with Gasteiger partial charge in [0.05, 0.1) is 5.69 Å². The number of hydrogen-bond acceptors (Lipinski definition) is 3. The van der Waals surface area contributed by atoms with Crippen molar-refractivity contribution in [1.29, 1.82) is 0 Å². The molecule has 0 aliphatic heterocycles. The molecule has 0 radical (unpaired) electrons. The highest BCUT2D eigenvalue weighted by atomic mass is 19.1. The molecule has 108 valence electrons. The average molecular weight is 276 g/mol. The largest absolute Gasteiger partial charge is 0.316 e. The molecule has 0 saturated heterocycles. The van der Waals surface area contributed by atoms with Gasteiger partial charge in [-0.15, -0.1) is 5.10 Å². The fourth-order valence-corrected chi connectivity index (χ4v) is 2.24.